The van der Waals surface area contributed by atoms with Crippen molar-refractivity contribution in [3.8, 4) is 11.5 Å². The van der Waals surface area contributed by atoms with Crippen LogP contribution in [0.2, 0.25) is 0 Å². The van der Waals surface area contributed by atoms with E-state index in [1.165, 1.54) is 4.90 Å². The first-order valence-corrected chi connectivity index (χ1v) is 11.0. The number of halogens is 1. The van der Waals surface area contributed by atoms with Crippen molar-refractivity contribution in [1.29, 1.82) is 0 Å². The van der Waals surface area contributed by atoms with Gasteiger partial charge in [-0.25, -0.2) is 0 Å². The summed E-state index contributed by atoms with van der Waals surface area (Å²) in [6.07, 6.45) is 0. The molecule has 1 N–H and O–H groups in total. The third-order valence-corrected chi connectivity index (χ3v) is 5.23. The number of hydrogen-bond acceptors (Lipinski definition) is 4. The number of hydrogen-bond donors (Lipinski definition) is 1. The summed E-state index contributed by atoms with van der Waals surface area (Å²) in [5, 5.41) is 2.91. The summed E-state index contributed by atoms with van der Waals surface area (Å²) < 4.78 is 12.0. The summed E-state index contributed by atoms with van der Waals surface area (Å²) in [5.74, 6) is 1.19. The lowest BCUT2D eigenvalue weighted by molar-refractivity contribution is -0.142. The predicted molar refractivity (Wildman–Crippen MR) is 126 cm³/mol. The number of benzene rings is 2. The number of carbonyl (C=O) groups excluding carboxylic acids is 2. The van der Waals surface area contributed by atoms with Crippen LogP contribution in [0.5, 0.6) is 11.5 Å². The molecule has 0 bridgehead atoms. The molecular weight excluding hydrogens is 495 g/mol. The maximum absolute atomic E-state index is 13.0. The third-order valence-electron chi connectivity index (χ3n) is 4.51. The molecule has 30 heavy (non-hydrogen) atoms. The molecule has 6 nitrogen and oxygen atoms in total. The van der Waals surface area contributed by atoms with Gasteiger partial charge in [-0.05, 0) is 77.4 Å². The molecule has 0 unspecified atom stereocenters. The van der Waals surface area contributed by atoms with Crippen LogP contribution < -0.4 is 14.8 Å². The Hall–Kier alpha value is -2.29. The van der Waals surface area contributed by atoms with Crippen LogP contribution in [0.4, 0.5) is 0 Å². The Morgan fingerprint density at radius 2 is 1.77 bits per heavy atom. The Bertz CT molecular complexity index is 839. The highest BCUT2D eigenvalue weighted by Gasteiger charge is 2.26. The van der Waals surface area contributed by atoms with E-state index in [0.717, 1.165) is 9.13 Å². The Morgan fingerprint density at radius 1 is 1.07 bits per heavy atom. The molecule has 162 valence electrons. The first kappa shape index (κ1) is 24.0. The van der Waals surface area contributed by atoms with E-state index in [1.807, 2.05) is 62.4 Å². The molecule has 2 aromatic carbocycles. The van der Waals surface area contributed by atoms with Crippen molar-refractivity contribution in [2.24, 2.45) is 5.92 Å². The zero-order valence-electron chi connectivity index (χ0n) is 17.9. The van der Waals surface area contributed by atoms with Crippen LogP contribution >= 0.6 is 22.6 Å². The first-order valence-electron chi connectivity index (χ1n) is 9.88. The molecule has 0 radical (unpaired) electrons. The molecule has 0 spiro atoms. The van der Waals surface area contributed by atoms with E-state index in [9.17, 15) is 9.59 Å². The second-order valence-corrected chi connectivity index (χ2v) is 8.68. The van der Waals surface area contributed by atoms with E-state index < -0.39 is 6.04 Å². The van der Waals surface area contributed by atoms with Crippen molar-refractivity contribution < 1.29 is 19.1 Å². The normalized spacial score (nSPS) is 11.7. The Kier molecular flexibility index (Phi) is 9.42. The minimum Gasteiger partial charge on any atom is -0.497 e. The van der Waals surface area contributed by atoms with Gasteiger partial charge in [-0.3, -0.25) is 9.59 Å². The summed E-state index contributed by atoms with van der Waals surface area (Å²) >= 11 is 2.21. The molecule has 0 aliphatic carbocycles. The lowest BCUT2D eigenvalue weighted by atomic mass is 10.1. The van der Waals surface area contributed by atoms with Gasteiger partial charge in [0.2, 0.25) is 5.91 Å². The van der Waals surface area contributed by atoms with Crippen LogP contribution in [-0.2, 0) is 16.1 Å². The van der Waals surface area contributed by atoms with Crippen LogP contribution in [0, 0.1) is 9.49 Å². The zero-order valence-corrected chi connectivity index (χ0v) is 20.0. The molecule has 0 saturated carbocycles. The van der Waals surface area contributed by atoms with Gasteiger partial charge >= 0.3 is 0 Å². The van der Waals surface area contributed by atoms with Gasteiger partial charge in [-0.15, -0.1) is 0 Å². The summed E-state index contributed by atoms with van der Waals surface area (Å²) in [4.78, 5) is 27.2. The Morgan fingerprint density at radius 3 is 2.40 bits per heavy atom. The highest BCUT2D eigenvalue weighted by Crippen LogP contribution is 2.17. The van der Waals surface area contributed by atoms with Crippen molar-refractivity contribution in [2.45, 2.75) is 33.4 Å². The fraction of sp³-hybridized carbons (Fsp3) is 0.391. The highest BCUT2D eigenvalue weighted by molar-refractivity contribution is 14.1. The third kappa shape index (κ3) is 7.51. The lowest BCUT2D eigenvalue weighted by Gasteiger charge is -2.29. The topological polar surface area (TPSA) is 67.9 Å². The fourth-order valence-electron chi connectivity index (χ4n) is 2.76. The van der Waals surface area contributed by atoms with Crippen LogP contribution in [0.3, 0.4) is 0 Å². The molecule has 1 atom stereocenters. The van der Waals surface area contributed by atoms with Gasteiger partial charge < -0.3 is 19.7 Å². The molecule has 0 saturated heterocycles. The fourth-order valence-corrected chi connectivity index (χ4v) is 3.12. The second kappa shape index (κ2) is 11.8. The van der Waals surface area contributed by atoms with Gasteiger partial charge in [-0.2, -0.15) is 0 Å². The van der Waals surface area contributed by atoms with E-state index in [1.54, 1.807) is 14.0 Å². The van der Waals surface area contributed by atoms with E-state index >= 15 is 0 Å². The zero-order chi connectivity index (χ0) is 22.1. The van der Waals surface area contributed by atoms with Crippen molar-refractivity contribution in [3.63, 3.8) is 0 Å². The summed E-state index contributed by atoms with van der Waals surface area (Å²) in [5.41, 5.74) is 0.875. The maximum atomic E-state index is 13.0. The van der Waals surface area contributed by atoms with E-state index in [0.29, 0.717) is 24.0 Å². The summed E-state index contributed by atoms with van der Waals surface area (Å²) in [7, 11) is 1.60. The number of ether oxygens (including phenoxy) is 2. The quantitative estimate of drug-likeness (QED) is 0.480. The number of methoxy groups -OCH3 is 1. The van der Waals surface area contributed by atoms with E-state index in [-0.39, 0.29) is 25.0 Å². The monoisotopic (exact) mass is 524 g/mol. The molecule has 0 fully saturated rings. The average molecular weight is 524 g/mol. The van der Waals surface area contributed by atoms with Crippen LogP contribution in [0.1, 0.15) is 26.3 Å². The van der Waals surface area contributed by atoms with Crippen molar-refractivity contribution in [3.05, 3.63) is 57.7 Å². The first-order chi connectivity index (χ1) is 14.3. The predicted octanol–water partition coefficient (Wildman–Crippen LogP) is 3.87. The van der Waals surface area contributed by atoms with Gasteiger partial charge in [0.1, 0.15) is 17.5 Å². The molecule has 0 aliphatic heterocycles. The van der Waals surface area contributed by atoms with Gasteiger partial charge in [0.05, 0.1) is 7.11 Å². The second-order valence-electron chi connectivity index (χ2n) is 7.43. The van der Waals surface area contributed by atoms with Gasteiger partial charge in [-0.1, -0.05) is 26.0 Å². The highest BCUT2D eigenvalue weighted by atomic mass is 127. The molecule has 0 aliphatic rings. The van der Waals surface area contributed by atoms with Gasteiger partial charge in [0.15, 0.2) is 6.61 Å². The number of nitrogens with one attached hydrogen (secondary N) is 1. The lowest BCUT2D eigenvalue weighted by Crippen LogP contribution is -2.49. The average Bonchev–Trinajstić information content (AvgIpc) is 2.74. The molecular formula is C23H29IN2O4. The molecule has 2 amide bonds. The van der Waals surface area contributed by atoms with Crippen molar-refractivity contribution in [2.75, 3.05) is 20.3 Å². The van der Waals surface area contributed by atoms with Crippen molar-refractivity contribution >= 4 is 34.4 Å². The Balaban J connectivity index is 2.14. The Labute approximate surface area is 192 Å². The van der Waals surface area contributed by atoms with E-state index in [4.69, 9.17) is 9.47 Å². The molecule has 0 heterocycles. The molecule has 2 aromatic rings. The summed E-state index contributed by atoms with van der Waals surface area (Å²) in [6, 6.07) is 14.3. The van der Waals surface area contributed by atoms with Crippen molar-refractivity contribution in [1.82, 2.24) is 10.2 Å². The largest absolute Gasteiger partial charge is 0.497 e. The maximum Gasteiger partial charge on any atom is 0.261 e. The minimum absolute atomic E-state index is 0.146. The molecule has 7 heteroatoms. The minimum atomic E-state index is -0.636. The van der Waals surface area contributed by atoms with Gasteiger partial charge in [0.25, 0.3) is 5.91 Å². The standard InChI is InChI=1S/C23H29IN2O4/c1-16(2)13-25-23(28)17(3)26(14-18-6-5-7-21(12-18)29-4)22(27)15-30-20-10-8-19(24)9-11-20/h5-12,16-17H,13-15H2,1-4H3,(H,25,28)/t17-/m1/s1. The molecule has 2 rings (SSSR count). The van der Waals surface area contributed by atoms with E-state index in [2.05, 4.69) is 27.9 Å². The van der Waals surface area contributed by atoms with Crippen LogP contribution in [0.15, 0.2) is 48.5 Å². The number of carbonyl (C=O) groups is 2. The summed E-state index contributed by atoms with van der Waals surface area (Å²) in [6.45, 7) is 6.48. The smallest absolute Gasteiger partial charge is 0.261 e. The molecule has 0 aromatic heterocycles. The SMILES string of the molecule is COc1cccc(CN(C(=O)COc2ccc(I)cc2)[C@H](C)C(=O)NCC(C)C)c1. The van der Waals surface area contributed by atoms with Gasteiger partial charge in [0, 0.05) is 16.7 Å². The number of amides is 2. The van der Waals surface area contributed by atoms with Crippen LogP contribution in [-0.4, -0.2) is 43.0 Å². The number of rotatable bonds is 10. The van der Waals surface area contributed by atoms with Crippen LogP contribution in [0.25, 0.3) is 0 Å². The number of nitrogens with zero attached hydrogens (tertiary/aromatic N) is 1.